The van der Waals surface area contributed by atoms with Gasteiger partial charge in [-0.1, -0.05) is 0 Å². The summed E-state index contributed by atoms with van der Waals surface area (Å²) in [6.45, 7) is -0.507. The van der Waals surface area contributed by atoms with Gasteiger partial charge in [0.2, 0.25) is 10.0 Å². The van der Waals surface area contributed by atoms with Crippen molar-refractivity contribution in [3.63, 3.8) is 0 Å². The minimum Gasteiger partial charge on any atom is -0.748 e. The van der Waals surface area contributed by atoms with Crippen LogP contribution < -0.4 is 23.6 Å². The smallest absolute Gasteiger partial charge is 0.748 e. The van der Waals surface area contributed by atoms with Crippen LogP contribution in [0.25, 0.3) is 0 Å². The molecule has 0 aromatic carbocycles. The molecule has 0 heterocycles. The van der Waals surface area contributed by atoms with Gasteiger partial charge in [-0.05, 0) is 6.42 Å². The maximum atomic E-state index is 11.2. The minimum absolute atomic E-state index is 0. The Kier molecular flexibility index (Phi) is 9.00. The van der Waals surface area contributed by atoms with E-state index < -0.39 is 48.0 Å². The molecule has 0 spiro atoms. The molecule has 0 saturated heterocycles. The van der Waals surface area contributed by atoms with E-state index in [0.29, 0.717) is 0 Å². The molecule has 0 aromatic heterocycles. The molecule has 12 heteroatoms. The quantitative estimate of drug-likeness (QED) is 0.349. The average molecular weight is 315 g/mol. The van der Waals surface area contributed by atoms with Gasteiger partial charge in [0.05, 0.1) is 27.4 Å². The largest absolute Gasteiger partial charge is 1.00 e. The maximum absolute atomic E-state index is 11.2. The summed E-state index contributed by atoms with van der Waals surface area (Å²) >= 11 is 0. The average Bonchev–Trinajstić information content (AvgIpc) is 1.96. The van der Waals surface area contributed by atoms with Crippen LogP contribution in [0.3, 0.4) is 0 Å². The van der Waals surface area contributed by atoms with Crippen molar-refractivity contribution in [2.24, 2.45) is 0 Å². The van der Waals surface area contributed by atoms with Crippen molar-refractivity contribution in [3.8, 4) is 0 Å². The van der Waals surface area contributed by atoms with Gasteiger partial charge in [0.25, 0.3) is 0 Å². The molecule has 0 unspecified atom stereocenters. The zero-order valence-corrected chi connectivity index (χ0v) is 12.6. The Morgan fingerprint density at radius 3 is 1.83 bits per heavy atom. The zero-order valence-electron chi connectivity index (χ0n) is 10.1. The van der Waals surface area contributed by atoms with Crippen molar-refractivity contribution in [3.05, 3.63) is 0 Å². The fourth-order valence-electron chi connectivity index (χ4n) is 0.905. The number of hydrogen-bond donors (Lipinski definition) is 1. The third kappa shape index (κ3) is 14.4. The summed E-state index contributed by atoms with van der Waals surface area (Å²) in [6.07, 6.45) is 0.898. The van der Waals surface area contributed by atoms with Gasteiger partial charge >= 0.3 is 18.9 Å². The summed E-state index contributed by atoms with van der Waals surface area (Å²) in [7, 11) is -11.4. The Bertz CT molecular complexity index is 492. The second-order valence-corrected chi connectivity index (χ2v) is 9.17. The Morgan fingerprint density at radius 1 is 0.944 bits per heavy atom. The van der Waals surface area contributed by atoms with Crippen molar-refractivity contribution in [1.29, 1.82) is 0 Å². The van der Waals surface area contributed by atoms with Crippen molar-refractivity contribution in [2.75, 3.05) is 30.1 Å². The van der Waals surface area contributed by atoms with Gasteiger partial charge in [-0.2, -0.15) is 0 Å². The minimum atomic E-state index is -4.46. The van der Waals surface area contributed by atoms with Gasteiger partial charge in [0.15, 0.2) is 0 Å². The molecule has 1 N–H and O–H groups in total. The summed E-state index contributed by atoms with van der Waals surface area (Å²) in [5, 5.41) is 0. The molecule has 0 atom stereocenters. The number of nitrogens with one attached hydrogen (secondary N) is 1. The number of rotatable bonds is 8. The van der Waals surface area contributed by atoms with E-state index in [9.17, 15) is 29.8 Å². The molecule has 0 aromatic rings. The van der Waals surface area contributed by atoms with E-state index in [2.05, 4.69) is 0 Å². The summed E-state index contributed by atoms with van der Waals surface area (Å²) in [5.41, 5.74) is 0. The molecule has 0 saturated carbocycles. The van der Waals surface area contributed by atoms with E-state index in [-0.39, 0.29) is 31.0 Å². The van der Waals surface area contributed by atoms with Crippen LogP contribution in [-0.4, -0.2) is 59.9 Å². The van der Waals surface area contributed by atoms with Crippen molar-refractivity contribution in [2.45, 2.75) is 6.42 Å². The second kappa shape index (κ2) is 7.84. The topological polar surface area (TPSA) is 138 Å². The van der Waals surface area contributed by atoms with E-state index >= 15 is 0 Å². The van der Waals surface area contributed by atoms with Gasteiger partial charge in [-0.3, -0.25) is 0 Å². The summed E-state index contributed by atoms with van der Waals surface area (Å²) in [6, 6.07) is 0. The molecule has 104 valence electrons. The first kappa shape index (κ1) is 20.7. The Hall–Kier alpha value is 0.367. The molecule has 18 heavy (non-hydrogen) atoms. The second-order valence-electron chi connectivity index (χ2n) is 3.46. The zero-order chi connectivity index (χ0) is 13.7. The molecule has 0 amide bonds. The normalized spacial score (nSPS) is 13.0. The first-order valence-electron chi connectivity index (χ1n) is 4.50. The number of hydrogen-bond acceptors (Lipinski definition) is 7. The molecule has 0 aliphatic heterocycles. The van der Waals surface area contributed by atoms with Crippen LogP contribution in [0.4, 0.5) is 0 Å². The van der Waals surface area contributed by atoms with Gasteiger partial charge in [0, 0.05) is 12.8 Å². The molecule has 8 nitrogen and oxygen atoms in total. The van der Waals surface area contributed by atoms with Crippen LogP contribution in [0.15, 0.2) is 0 Å². The van der Waals surface area contributed by atoms with E-state index in [1.54, 1.807) is 0 Å². The van der Waals surface area contributed by atoms with Crippen molar-refractivity contribution < 1.29 is 48.7 Å². The third-order valence-electron chi connectivity index (χ3n) is 1.60. The Morgan fingerprint density at radius 2 is 1.44 bits per heavy atom. The van der Waals surface area contributed by atoms with E-state index in [1.165, 1.54) is 0 Å². The fraction of sp³-hybridized carbons (Fsp3) is 1.00. The standard InChI is InChI=1S/C6H15NO7S3.Li/c1-15(8,9)4-2-5-16(10,11)7-3-6-17(12,13)14;/h7H,2-6H2,1H3,(H,12,13,14);/q;+1/p-1. The first-order chi connectivity index (χ1) is 7.41. The fourth-order valence-corrected chi connectivity index (χ4v) is 3.32. The first-order valence-corrected chi connectivity index (χ1v) is 9.79. The van der Waals surface area contributed by atoms with Crippen LogP contribution in [0.5, 0.6) is 0 Å². The molecule has 0 bridgehead atoms. The van der Waals surface area contributed by atoms with Crippen LogP contribution in [-0.2, 0) is 30.0 Å². The van der Waals surface area contributed by atoms with E-state index in [4.69, 9.17) is 0 Å². The predicted octanol–water partition coefficient (Wildman–Crippen LogP) is -5.11. The Labute approximate surface area is 119 Å². The van der Waals surface area contributed by atoms with Crippen LogP contribution in [0.1, 0.15) is 6.42 Å². The predicted molar refractivity (Wildman–Crippen MR) is 60.7 cm³/mol. The number of sulfonamides is 1. The van der Waals surface area contributed by atoms with Gasteiger partial charge < -0.3 is 4.55 Å². The summed E-state index contributed by atoms with van der Waals surface area (Å²) in [5.74, 6) is -1.54. The summed E-state index contributed by atoms with van der Waals surface area (Å²) in [4.78, 5) is 0. The van der Waals surface area contributed by atoms with Crippen LogP contribution in [0, 0.1) is 0 Å². The van der Waals surface area contributed by atoms with Crippen LogP contribution in [0.2, 0.25) is 0 Å². The van der Waals surface area contributed by atoms with Gasteiger partial charge in [-0.25, -0.2) is 30.0 Å². The van der Waals surface area contributed by atoms with Gasteiger partial charge in [-0.15, -0.1) is 0 Å². The Balaban J connectivity index is 0. The molecule has 0 fully saturated rings. The molecular weight excluding hydrogens is 301 g/mol. The third-order valence-corrected chi connectivity index (χ3v) is 4.81. The van der Waals surface area contributed by atoms with E-state index in [0.717, 1.165) is 6.26 Å². The molecule has 0 aliphatic rings. The molecule has 0 rings (SSSR count). The number of sulfone groups is 1. The van der Waals surface area contributed by atoms with Crippen molar-refractivity contribution >= 4 is 30.0 Å². The summed E-state index contributed by atoms with van der Waals surface area (Å²) < 4.78 is 76.3. The van der Waals surface area contributed by atoms with E-state index in [1.807, 2.05) is 4.72 Å². The molecule has 0 aliphatic carbocycles. The van der Waals surface area contributed by atoms with Crippen molar-refractivity contribution in [1.82, 2.24) is 4.72 Å². The van der Waals surface area contributed by atoms with Crippen LogP contribution >= 0.6 is 0 Å². The molecule has 0 radical (unpaired) electrons. The monoisotopic (exact) mass is 315 g/mol. The maximum Gasteiger partial charge on any atom is 1.00 e. The van der Waals surface area contributed by atoms with Gasteiger partial charge in [0.1, 0.15) is 9.84 Å². The molecular formula is C6H14LiNO7S3. The SMILES string of the molecule is CS(=O)(=O)CCCS(=O)(=O)NCCS(=O)(=O)[O-].[Li+].